The fourth-order valence-corrected chi connectivity index (χ4v) is 10.3. The maximum atomic E-state index is 6.99. The molecule has 8 aromatic carbocycles. The first-order valence-electron chi connectivity index (χ1n) is 23.2. The zero-order valence-electron chi connectivity index (χ0n) is 38.5. The van der Waals surface area contributed by atoms with E-state index in [-0.39, 0.29) is 26.5 Å². The van der Waals surface area contributed by atoms with E-state index in [0.717, 1.165) is 100 Å². The van der Waals surface area contributed by atoms with Gasteiger partial charge in [-0.25, -0.2) is 9.97 Å². The normalized spacial score (nSPS) is 12.2. The molecule has 70 heavy (non-hydrogen) atoms. The van der Waals surface area contributed by atoms with E-state index in [2.05, 4.69) is 214 Å². The molecule has 0 radical (unpaired) electrons. The first kappa shape index (κ1) is 41.9. The zero-order chi connectivity index (χ0) is 46.1. The van der Waals surface area contributed by atoms with Crippen LogP contribution in [-0.4, -0.2) is 28.1 Å². The first-order valence-corrected chi connectivity index (χ1v) is 23.2. The minimum atomic E-state index is -0.0953. The van der Waals surface area contributed by atoms with E-state index in [1.807, 2.05) is 30.5 Å². The average molecular weight is 1090 g/mol. The summed E-state index contributed by atoms with van der Waals surface area (Å²) in [5.74, 6) is 2.41. The number of nitrogens with zero attached hydrogens (tertiary/aromatic N) is 7. The van der Waals surface area contributed by atoms with Crippen LogP contribution in [-0.2, 0) is 26.5 Å². The fraction of sp³-hybridized carbons (Fsp3) is 0.0833. The monoisotopic (exact) mass is 1090 g/mol. The van der Waals surface area contributed by atoms with E-state index < -0.39 is 0 Å². The molecule has 0 aliphatic heterocycles. The van der Waals surface area contributed by atoms with Crippen LogP contribution in [0.3, 0.4) is 0 Å². The summed E-state index contributed by atoms with van der Waals surface area (Å²) in [7, 11) is 0. The van der Waals surface area contributed by atoms with Crippen LogP contribution in [0.4, 0.5) is 0 Å². The molecule has 0 saturated carbocycles. The van der Waals surface area contributed by atoms with Crippen molar-refractivity contribution in [2.75, 3.05) is 0 Å². The van der Waals surface area contributed by atoms with E-state index in [0.29, 0.717) is 17.1 Å². The van der Waals surface area contributed by atoms with E-state index in [9.17, 15) is 0 Å². The molecule has 9 nitrogen and oxygen atoms in total. The molecule has 6 aromatic heterocycles. The van der Waals surface area contributed by atoms with Crippen molar-refractivity contribution >= 4 is 82.6 Å². The summed E-state index contributed by atoms with van der Waals surface area (Å²) in [5, 5.41) is 4.27. The van der Waals surface area contributed by atoms with Gasteiger partial charge in [-0.15, -0.1) is 30.3 Å². The van der Waals surface area contributed by atoms with Crippen LogP contribution in [0.15, 0.2) is 180 Å². The predicted molar refractivity (Wildman–Crippen MR) is 274 cm³/mol. The van der Waals surface area contributed by atoms with Gasteiger partial charge in [-0.3, -0.25) is 9.13 Å². The molecule has 14 rings (SSSR count). The molecule has 14 aromatic rings. The molecule has 0 aliphatic rings. The second-order valence-electron chi connectivity index (χ2n) is 18.8. The Morgan fingerprint density at radius 2 is 1.33 bits per heavy atom. The molecule has 0 unspecified atom stereocenters. The van der Waals surface area contributed by atoms with E-state index in [1.54, 1.807) is 0 Å². The van der Waals surface area contributed by atoms with Crippen LogP contribution in [0.5, 0.6) is 11.5 Å². The molecule has 0 atom stereocenters. The molecule has 0 bridgehead atoms. The summed E-state index contributed by atoms with van der Waals surface area (Å²) >= 11 is 0. The van der Waals surface area contributed by atoms with Gasteiger partial charge in [-0.05, 0) is 88.7 Å². The van der Waals surface area contributed by atoms with Gasteiger partial charge in [-0.2, -0.15) is 0 Å². The van der Waals surface area contributed by atoms with Crippen molar-refractivity contribution < 1.29 is 34.8 Å². The number of ether oxygens (including phenoxy) is 1. The van der Waals surface area contributed by atoms with Crippen molar-refractivity contribution in [3.8, 4) is 34.4 Å². The molecule has 0 N–H and O–H groups in total. The summed E-state index contributed by atoms with van der Waals surface area (Å²) in [4.78, 5) is 10.2. The van der Waals surface area contributed by atoms with Crippen LogP contribution in [0, 0.1) is 25.4 Å². The number of furan rings is 1. The van der Waals surface area contributed by atoms with Crippen molar-refractivity contribution in [1.82, 2.24) is 28.1 Å². The third kappa shape index (κ3) is 6.24. The van der Waals surface area contributed by atoms with Crippen molar-refractivity contribution in [2.24, 2.45) is 0 Å². The van der Waals surface area contributed by atoms with E-state index >= 15 is 0 Å². The second kappa shape index (κ2) is 15.6. The Morgan fingerprint density at radius 3 is 2.13 bits per heavy atom. The number of hydrogen-bond acceptors (Lipinski definition) is 4. The molecule has 0 aliphatic carbocycles. The van der Waals surface area contributed by atoms with Gasteiger partial charge in [0.2, 0.25) is 5.78 Å². The number of rotatable bonds is 6. The van der Waals surface area contributed by atoms with Gasteiger partial charge < -0.3 is 22.7 Å². The summed E-state index contributed by atoms with van der Waals surface area (Å²) in [6.45, 7) is 8.73. The predicted octanol–water partition coefficient (Wildman–Crippen LogP) is 13.8. The number of pyridine rings is 1. The number of hydrogen-bond donors (Lipinski definition) is 0. The summed E-state index contributed by atoms with van der Waals surface area (Å²) in [5.41, 5.74) is 14.1. The quantitative estimate of drug-likeness (QED) is 0.123. The smallest absolute Gasteiger partial charge is 0.268 e. The number of fused-ring (bicyclic) bond motifs is 12. The van der Waals surface area contributed by atoms with Gasteiger partial charge >= 0.3 is 0 Å². The Bertz CT molecular complexity index is 4370. The van der Waals surface area contributed by atoms with Crippen LogP contribution < -0.4 is 9.30 Å². The van der Waals surface area contributed by atoms with E-state index in [1.165, 1.54) is 10.8 Å². The van der Waals surface area contributed by atoms with Gasteiger partial charge in [0.15, 0.2) is 0 Å². The number of aromatic nitrogens is 7. The third-order valence-corrected chi connectivity index (χ3v) is 13.6. The maximum absolute atomic E-state index is 6.99. The van der Waals surface area contributed by atoms with Gasteiger partial charge in [-0.1, -0.05) is 129 Å². The third-order valence-electron chi connectivity index (χ3n) is 13.6. The molecule has 0 amide bonds. The molecule has 340 valence electrons. The Balaban J connectivity index is 0.00000480. The Hall–Kier alpha value is -8.26. The summed E-state index contributed by atoms with van der Waals surface area (Å²) < 4.78 is 24.5. The first-order chi connectivity index (χ1) is 33.8. The second-order valence-corrected chi connectivity index (χ2v) is 18.8. The molecular formula is C60H41N7O2Pt-2. The van der Waals surface area contributed by atoms with Crippen LogP contribution in [0.25, 0.3) is 106 Å². The molecule has 0 fully saturated rings. The molecule has 10 heteroatoms. The standard InChI is InChI=1S/C60H41N7O2.Pt/c1-37-16-15-26-52-57(37)62-59-66(52)51-29-28-40(35-53(51)67(59)56-32-38(30-31-61-56)60(2,3)4)68-55-34-39(33-44-43-19-7-14-27-54(43)69-58(44)55)63-36-64(48-23-11-10-22-47(48)63)49-24-12-13-25-50(49)65-45-20-8-5-17-41(45)42-18-6-9-21-46(42)65;/h5-33H,1-4H3;/q-2;. The van der Waals surface area contributed by atoms with Crippen molar-refractivity contribution in [2.45, 2.75) is 33.1 Å². The Labute approximate surface area is 416 Å². The SMILES string of the molecule is Cc1cccc2c1nc1n(-c3cc(C(C)(C)C)ccn3)c3[c-]c(Oc4[c-]c(-n5[c-][n+](-c6ccccc6-n6c7ccccc7c7ccccc76)c6ccccc65)cc5c4oc4ccccc45)ccc3n21.[Pt]. The average Bonchev–Trinajstić information content (AvgIpc) is 4.19. The Morgan fingerprint density at radius 1 is 0.629 bits per heavy atom. The molecule has 0 saturated heterocycles. The number of benzene rings is 8. The van der Waals surface area contributed by atoms with Crippen molar-refractivity contribution in [3.63, 3.8) is 0 Å². The number of imidazole rings is 3. The molecular weight excluding hydrogens is 1050 g/mol. The van der Waals surface area contributed by atoms with Gasteiger partial charge in [0.1, 0.15) is 11.4 Å². The van der Waals surface area contributed by atoms with Crippen molar-refractivity contribution in [3.05, 3.63) is 206 Å². The minimum Gasteiger partial charge on any atom is -0.512 e. The summed E-state index contributed by atoms with van der Waals surface area (Å²) in [6.07, 6.45) is 5.66. The van der Waals surface area contributed by atoms with Gasteiger partial charge in [0.05, 0.1) is 55.8 Å². The van der Waals surface area contributed by atoms with Gasteiger partial charge in [0, 0.05) is 49.2 Å². The fourth-order valence-electron chi connectivity index (χ4n) is 10.3. The van der Waals surface area contributed by atoms with Crippen LogP contribution in [0.2, 0.25) is 0 Å². The minimum absolute atomic E-state index is 0. The number of aryl methyl sites for hydroxylation is 1. The van der Waals surface area contributed by atoms with Crippen molar-refractivity contribution in [1.29, 1.82) is 0 Å². The maximum Gasteiger partial charge on any atom is 0.268 e. The van der Waals surface area contributed by atoms with Crippen LogP contribution in [0.1, 0.15) is 31.9 Å². The van der Waals surface area contributed by atoms with Crippen LogP contribution >= 0.6 is 0 Å². The molecule has 0 spiro atoms. The Kier molecular flexibility index (Phi) is 9.36. The largest absolute Gasteiger partial charge is 0.512 e. The molecule has 6 heterocycles. The summed E-state index contributed by atoms with van der Waals surface area (Å²) in [6, 6.07) is 66.2. The number of para-hydroxylation sites is 8. The topological polar surface area (TPSA) is 71.2 Å². The van der Waals surface area contributed by atoms with E-state index in [4.69, 9.17) is 19.1 Å². The van der Waals surface area contributed by atoms with Gasteiger partial charge in [0.25, 0.3) is 6.33 Å². The zero-order valence-corrected chi connectivity index (χ0v) is 40.8.